The van der Waals surface area contributed by atoms with E-state index in [1.165, 1.54) is 0 Å². The zero-order valence-corrected chi connectivity index (χ0v) is 11.2. The minimum absolute atomic E-state index is 0.0556. The summed E-state index contributed by atoms with van der Waals surface area (Å²) in [5, 5.41) is 0.748. The van der Waals surface area contributed by atoms with Crippen LogP contribution in [-0.2, 0) is 0 Å². The molecule has 0 spiro atoms. The summed E-state index contributed by atoms with van der Waals surface area (Å²) in [5.41, 5.74) is 3.56. The van der Waals surface area contributed by atoms with E-state index in [9.17, 15) is 0 Å². The van der Waals surface area contributed by atoms with Crippen LogP contribution in [0.2, 0.25) is 5.02 Å². The maximum absolute atomic E-state index is 6.10. The van der Waals surface area contributed by atoms with Crippen LogP contribution in [-0.4, -0.2) is 15.7 Å². The Morgan fingerprint density at radius 1 is 1.33 bits per heavy atom. The number of hydrogen-bond donors (Lipinski definition) is 2. The number of hydrogen-bond acceptors (Lipinski definition) is 5. The molecular weight excluding hydrogens is 268 g/mol. The lowest BCUT2D eigenvalue weighted by atomic mass is 10.2. The summed E-state index contributed by atoms with van der Waals surface area (Å²) in [6.45, 7) is 0. The number of nitrogens with one attached hydrogen (secondary N) is 1. The molecule has 6 heteroatoms. The SMILES string of the molecule is NNC(CSc1ccccc1Cl)c1cnccn1. The Morgan fingerprint density at radius 3 is 2.83 bits per heavy atom. The Hall–Kier alpha value is -1.14. The molecule has 0 radical (unpaired) electrons. The molecule has 2 rings (SSSR count). The van der Waals surface area contributed by atoms with Crippen LogP contribution in [0.4, 0.5) is 0 Å². The van der Waals surface area contributed by atoms with Crippen molar-refractivity contribution in [3.05, 3.63) is 53.6 Å². The van der Waals surface area contributed by atoms with Crippen LogP contribution >= 0.6 is 23.4 Å². The molecule has 0 saturated heterocycles. The highest BCUT2D eigenvalue weighted by atomic mass is 35.5. The third-order valence-electron chi connectivity index (χ3n) is 2.38. The first-order valence-corrected chi connectivity index (χ1v) is 6.77. The second kappa shape index (κ2) is 6.70. The van der Waals surface area contributed by atoms with E-state index in [1.54, 1.807) is 30.4 Å². The first-order chi connectivity index (χ1) is 8.81. The van der Waals surface area contributed by atoms with Crippen molar-refractivity contribution in [2.24, 2.45) is 5.84 Å². The highest BCUT2D eigenvalue weighted by Gasteiger charge is 2.12. The number of benzene rings is 1. The van der Waals surface area contributed by atoms with Crippen molar-refractivity contribution in [2.75, 3.05) is 5.75 Å². The standard InChI is InChI=1S/C12H13ClN4S/c13-9-3-1-2-4-12(9)18-8-11(17-14)10-7-15-5-6-16-10/h1-7,11,17H,8,14H2. The van der Waals surface area contributed by atoms with Gasteiger partial charge in [0.05, 0.1) is 23.0 Å². The van der Waals surface area contributed by atoms with Crippen molar-refractivity contribution in [3.63, 3.8) is 0 Å². The molecule has 3 N–H and O–H groups in total. The monoisotopic (exact) mass is 280 g/mol. The van der Waals surface area contributed by atoms with Gasteiger partial charge < -0.3 is 0 Å². The number of aromatic nitrogens is 2. The van der Waals surface area contributed by atoms with Crippen molar-refractivity contribution in [2.45, 2.75) is 10.9 Å². The molecule has 1 atom stereocenters. The Bertz CT molecular complexity index is 494. The average molecular weight is 281 g/mol. The molecule has 4 nitrogen and oxygen atoms in total. The van der Waals surface area contributed by atoms with Crippen LogP contribution in [0.5, 0.6) is 0 Å². The van der Waals surface area contributed by atoms with E-state index < -0.39 is 0 Å². The summed E-state index contributed by atoms with van der Waals surface area (Å²) in [6.07, 6.45) is 5.00. The molecule has 0 aliphatic carbocycles. The molecule has 94 valence electrons. The Labute approximate surface area is 115 Å². The minimum Gasteiger partial charge on any atom is -0.271 e. The predicted molar refractivity (Wildman–Crippen MR) is 74.3 cm³/mol. The first kappa shape index (κ1) is 13.3. The predicted octanol–water partition coefficient (Wildman–Crippen LogP) is 2.43. The summed E-state index contributed by atoms with van der Waals surface area (Å²) >= 11 is 7.73. The van der Waals surface area contributed by atoms with Crippen molar-refractivity contribution >= 4 is 23.4 Å². The lowest BCUT2D eigenvalue weighted by Gasteiger charge is -2.14. The van der Waals surface area contributed by atoms with Gasteiger partial charge in [-0.1, -0.05) is 23.7 Å². The quantitative estimate of drug-likeness (QED) is 0.500. The fourth-order valence-electron chi connectivity index (χ4n) is 1.44. The van der Waals surface area contributed by atoms with Crippen molar-refractivity contribution < 1.29 is 0 Å². The highest BCUT2D eigenvalue weighted by Crippen LogP contribution is 2.29. The van der Waals surface area contributed by atoms with Gasteiger partial charge in [-0.15, -0.1) is 11.8 Å². The molecule has 0 amide bonds. The van der Waals surface area contributed by atoms with Crippen LogP contribution in [0, 0.1) is 0 Å². The third-order valence-corrected chi connectivity index (χ3v) is 3.99. The van der Waals surface area contributed by atoms with Gasteiger partial charge in [0.1, 0.15) is 0 Å². The normalized spacial score (nSPS) is 12.3. The van der Waals surface area contributed by atoms with E-state index in [4.69, 9.17) is 17.4 Å². The van der Waals surface area contributed by atoms with Crippen molar-refractivity contribution in [3.8, 4) is 0 Å². The number of hydrazine groups is 1. The zero-order valence-electron chi connectivity index (χ0n) is 9.58. The van der Waals surface area contributed by atoms with Gasteiger partial charge in [-0.05, 0) is 12.1 Å². The van der Waals surface area contributed by atoms with Gasteiger partial charge in [0.2, 0.25) is 0 Å². The topological polar surface area (TPSA) is 63.8 Å². The van der Waals surface area contributed by atoms with Crippen LogP contribution in [0.25, 0.3) is 0 Å². The second-order valence-electron chi connectivity index (χ2n) is 3.59. The molecule has 0 aliphatic heterocycles. The first-order valence-electron chi connectivity index (χ1n) is 5.40. The smallest absolute Gasteiger partial charge is 0.0778 e. The molecular formula is C12H13ClN4S. The van der Waals surface area contributed by atoms with E-state index in [1.807, 2.05) is 24.3 Å². The Balaban J connectivity index is 2.02. The Kier molecular flexibility index (Phi) is 4.95. The van der Waals surface area contributed by atoms with Gasteiger partial charge in [-0.2, -0.15) is 0 Å². The number of nitrogens with two attached hydrogens (primary N) is 1. The van der Waals surface area contributed by atoms with Crippen LogP contribution in [0.15, 0.2) is 47.8 Å². The zero-order chi connectivity index (χ0) is 12.8. The van der Waals surface area contributed by atoms with E-state index in [-0.39, 0.29) is 6.04 Å². The molecule has 0 aliphatic rings. The number of rotatable bonds is 5. The number of thioether (sulfide) groups is 1. The molecule has 1 aromatic carbocycles. The van der Waals surface area contributed by atoms with Gasteiger partial charge in [0.15, 0.2) is 0 Å². The molecule has 1 heterocycles. The van der Waals surface area contributed by atoms with E-state index in [0.717, 1.165) is 21.4 Å². The van der Waals surface area contributed by atoms with Crippen LogP contribution in [0.3, 0.4) is 0 Å². The summed E-state index contributed by atoms with van der Waals surface area (Å²) < 4.78 is 0. The molecule has 0 bridgehead atoms. The van der Waals surface area contributed by atoms with Gasteiger partial charge in [-0.3, -0.25) is 21.2 Å². The van der Waals surface area contributed by atoms with Crippen LogP contribution in [0.1, 0.15) is 11.7 Å². The molecule has 1 aromatic heterocycles. The minimum atomic E-state index is -0.0556. The summed E-state index contributed by atoms with van der Waals surface area (Å²) in [5.74, 6) is 6.28. The molecule has 1 unspecified atom stereocenters. The lowest BCUT2D eigenvalue weighted by molar-refractivity contribution is 0.592. The maximum Gasteiger partial charge on any atom is 0.0778 e. The average Bonchev–Trinajstić information content (AvgIpc) is 2.42. The number of nitrogens with zero attached hydrogens (tertiary/aromatic N) is 2. The summed E-state index contributed by atoms with van der Waals surface area (Å²) in [6, 6.07) is 7.67. The third kappa shape index (κ3) is 3.43. The lowest BCUT2D eigenvalue weighted by Crippen LogP contribution is -2.30. The fourth-order valence-corrected chi connectivity index (χ4v) is 2.74. The maximum atomic E-state index is 6.10. The largest absolute Gasteiger partial charge is 0.271 e. The van der Waals surface area contributed by atoms with E-state index in [2.05, 4.69) is 15.4 Å². The molecule has 18 heavy (non-hydrogen) atoms. The van der Waals surface area contributed by atoms with E-state index >= 15 is 0 Å². The van der Waals surface area contributed by atoms with Crippen LogP contribution < -0.4 is 11.3 Å². The van der Waals surface area contributed by atoms with E-state index in [0.29, 0.717) is 0 Å². The molecule has 0 fully saturated rings. The van der Waals surface area contributed by atoms with Gasteiger partial charge >= 0.3 is 0 Å². The molecule has 0 saturated carbocycles. The highest BCUT2D eigenvalue weighted by molar-refractivity contribution is 7.99. The second-order valence-corrected chi connectivity index (χ2v) is 5.06. The van der Waals surface area contributed by atoms with Gasteiger partial charge in [-0.25, -0.2) is 0 Å². The van der Waals surface area contributed by atoms with Crippen molar-refractivity contribution in [1.29, 1.82) is 0 Å². The summed E-state index contributed by atoms with van der Waals surface area (Å²) in [7, 11) is 0. The van der Waals surface area contributed by atoms with Crippen molar-refractivity contribution in [1.82, 2.24) is 15.4 Å². The van der Waals surface area contributed by atoms with Gasteiger partial charge in [0.25, 0.3) is 0 Å². The fraction of sp³-hybridized carbons (Fsp3) is 0.167. The Morgan fingerprint density at radius 2 is 2.17 bits per heavy atom. The van der Waals surface area contributed by atoms with Gasteiger partial charge in [0, 0.05) is 23.0 Å². The molecule has 2 aromatic rings. The summed E-state index contributed by atoms with van der Waals surface area (Å²) in [4.78, 5) is 9.30. The number of halogens is 1.